The van der Waals surface area contributed by atoms with Crippen LogP contribution in [0.15, 0.2) is 54.7 Å². The van der Waals surface area contributed by atoms with Gasteiger partial charge in [0.1, 0.15) is 0 Å². The summed E-state index contributed by atoms with van der Waals surface area (Å²) < 4.78 is 12.6. The van der Waals surface area contributed by atoms with Crippen LogP contribution in [0.3, 0.4) is 0 Å². The minimum absolute atomic E-state index is 0.00210. The summed E-state index contributed by atoms with van der Waals surface area (Å²) in [4.78, 5) is 21.3. The number of nitrogens with one attached hydrogen (secondary N) is 1. The molecule has 0 bridgehead atoms. The molecule has 1 aromatic carbocycles. The average molecular weight is 520 g/mol. The Hall–Kier alpha value is -3.27. The summed E-state index contributed by atoms with van der Waals surface area (Å²) in [5.41, 5.74) is 5.96. The van der Waals surface area contributed by atoms with E-state index in [2.05, 4.69) is 50.6 Å². The predicted octanol–water partition coefficient (Wildman–Crippen LogP) is 3.58. The van der Waals surface area contributed by atoms with E-state index in [-0.39, 0.29) is 18.1 Å². The number of hydrogen-bond donors (Lipinski definition) is 1. The van der Waals surface area contributed by atoms with Gasteiger partial charge in [0.05, 0.1) is 43.7 Å². The molecule has 0 amide bonds. The van der Waals surface area contributed by atoms with Crippen molar-refractivity contribution in [2.24, 2.45) is 0 Å². The number of hydrogen-bond acceptors (Lipinski definition) is 6. The third-order valence-corrected chi connectivity index (χ3v) is 7.65. The molecule has 0 aliphatic carbocycles. The van der Waals surface area contributed by atoms with Gasteiger partial charge in [0.2, 0.25) is 0 Å². The van der Waals surface area contributed by atoms with E-state index in [1.807, 2.05) is 30.5 Å². The van der Waals surface area contributed by atoms with Crippen LogP contribution in [0, 0.1) is 13.8 Å². The summed E-state index contributed by atoms with van der Waals surface area (Å²) in [6.45, 7) is 9.43. The molecule has 2 unspecified atom stereocenters. The number of morpholine rings is 1. The maximum atomic E-state index is 11.9. The highest BCUT2D eigenvalue weighted by Gasteiger charge is 2.41. The van der Waals surface area contributed by atoms with Crippen LogP contribution < -0.4 is 5.32 Å². The lowest BCUT2D eigenvalue weighted by molar-refractivity contribution is 0.0350. The maximum absolute atomic E-state index is 11.9. The van der Waals surface area contributed by atoms with E-state index in [1.54, 1.807) is 12.1 Å². The van der Waals surface area contributed by atoms with Crippen LogP contribution in [0.5, 0.6) is 0 Å². The third-order valence-electron chi connectivity index (χ3n) is 7.29. The van der Waals surface area contributed by atoms with Gasteiger partial charge < -0.3 is 24.3 Å². The fourth-order valence-corrected chi connectivity index (χ4v) is 5.74. The van der Waals surface area contributed by atoms with Gasteiger partial charge in [0.25, 0.3) is 0 Å². The molecule has 3 aromatic rings. The quantitative estimate of drug-likeness (QED) is 0.375. The largest absolute Gasteiger partial charge is 0.465 e. The van der Waals surface area contributed by atoms with Crippen LogP contribution in [0.2, 0.25) is 0 Å². The first-order valence-electron chi connectivity index (χ1n) is 12.6. The summed E-state index contributed by atoms with van der Waals surface area (Å²) in [7, 11) is 1.39. The van der Waals surface area contributed by atoms with E-state index < -0.39 is 0 Å². The molecule has 2 atom stereocenters. The van der Waals surface area contributed by atoms with Gasteiger partial charge in [-0.2, -0.15) is 0 Å². The smallest absolute Gasteiger partial charge is 0.337 e. The molecule has 37 heavy (non-hydrogen) atoms. The van der Waals surface area contributed by atoms with Crippen LogP contribution in [-0.4, -0.2) is 76.9 Å². The molecular weight excluding hydrogens is 486 g/mol. The lowest BCUT2D eigenvalue weighted by Gasteiger charge is -2.32. The Morgan fingerprint density at radius 3 is 2.57 bits per heavy atom. The summed E-state index contributed by atoms with van der Waals surface area (Å²) in [6.07, 6.45) is 1.83. The van der Waals surface area contributed by atoms with Crippen molar-refractivity contribution in [3.63, 3.8) is 0 Å². The van der Waals surface area contributed by atoms with Crippen LogP contribution in [0.25, 0.3) is 5.69 Å². The average Bonchev–Trinajstić information content (AvgIpc) is 3.42. The Kier molecular flexibility index (Phi) is 7.55. The lowest BCUT2D eigenvalue weighted by Crippen LogP contribution is -2.42. The number of esters is 1. The second-order valence-corrected chi connectivity index (χ2v) is 9.86. The summed E-state index contributed by atoms with van der Waals surface area (Å²) in [6, 6.07) is 15.7. The first-order chi connectivity index (χ1) is 18.0. The zero-order chi connectivity index (χ0) is 25.9. The van der Waals surface area contributed by atoms with Gasteiger partial charge in [-0.1, -0.05) is 6.07 Å². The van der Waals surface area contributed by atoms with Crippen molar-refractivity contribution >= 4 is 23.3 Å². The van der Waals surface area contributed by atoms with Crippen LogP contribution >= 0.6 is 12.2 Å². The normalized spacial score (nSPS) is 20.2. The van der Waals surface area contributed by atoms with E-state index in [1.165, 1.54) is 12.7 Å². The highest BCUT2D eigenvalue weighted by atomic mass is 32.1. The van der Waals surface area contributed by atoms with E-state index >= 15 is 0 Å². The number of aryl methyl sites for hydroxylation is 1. The van der Waals surface area contributed by atoms with Crippen molar-refractivity contribution in [2.45, 2.75) is 25.9 Å². The molecule has 2 aliphatic heterocycles. The monoisotopic (exact) mass is 519 g/mol. The Morgan fingerprint density at radius 1 is 1.14 bits per heavy atom. The van der Waals surface area contributed by atoms with Gasteiger partial charge in [0, 0.05) is 49.5 Å². The molecule has 1 N–H and O–H groups in total. The molecule has 0 radical (unpaired) electrons. The van der Waals surface area contributed by atoms with E-state index in [0.717, 1.165) is 67.3 Å². The number of carbonyl (C=O) groups excluding carboxylic acids is 1. The van der Waals surface area contributed by atoms with Gasteiger partial charge in [-0.3, -0.25) is 9.88 Å². The third kappa shape index (κ3) is 5.12. The molecule has 0 spiro atoms. The first-order valence-corrected chi connectivity index (χ1v) is 13.0. The van der Waals surface area contributed by atoms with Gasteiger partial charge in [-0.25, -0.2) is 4.79 Å². The predicted molar refractivity (Wildman–Crippen MR) is 146 cm³/mol. The molecule has 5 rings (SSSR count). The summed E-state index contributed by atoms with van der Waals surface area (Å²) >= 11 is 5.88. The molecule has 9 heteroatoms. The number of methoxy groups -OCH3 is 1. The van der Waals surface area contributed by atoms with Gasteiger partial charge in [-0.15, -0.1) is 0 Å². The number of thiocarbonyl (C=S) groups is 1. The molecule has 2 aromatic heterocycles. The fraction of sp³-hybridized carbons (Fsp3) is 0.393. The second-order valence-electron chi connectivity index (χ2n) is 9.47. The number of rotatable bonds is 7. The number of ether oxygens (including phenoxy) is 2. The molecule has 8 nitrogen and oxygen atoms in total. The molecule has 0 saturated carbocycles. The second kappa shape index (κ2) is 11.0. The zero-order valence-corrected chi connectivity index (χ0v) is 22.3. The molecule has 194 valence electrons. The van der Waals surface area contributed by atoms with E-state index in [0.29, 0.717) is 5.56 Å². The minimum Gasteiger partial charge on any atom is -0.465 e. The number of nitrogens with zero attached hydrogens (tertiary/aromatic N) is 4. The first kappa shape index (κ1) is 25.4. The minimum atomic E-state index is -0.340. The summed E-state index contributed by atoms with van der Waals surface area (Å²) in [5, 5.41) is 4.32. The molecule has 2 aliphatic rings. The number of pyridine rings is 1. The number of carbonyl (C=O) groups is 1. The Bertz CT molecular complexity index is 1250. The Morgan fingerprint density at radius 2 is 1.89 bits per heavy atom. The number of aromatic nitrogens is 2. The maximum Gasteiger partial charge on any atom is 0.337 e. The Balaban J connectivity index is 1.50. The van der Waals surface area contributed by atoms with Crippen molar-refractivity contribution in [3.8, 4) is 5.69 Å². The highest BCUT2D eigenvalue weighted by molar-refractivity contribution is 7.80. The van der Waals surface area contributed by atoms with Crippen molar-refractivity contribution in [1.82, 2.24) is 24.7 Å². The highest BCUT2D eigenvalue weighted by Crippen LogP contribution is 2.41. The topological polar surface area (TPSA) is 71.9 Å². The van der Waals surface area contributed by atoms with Crippen molar-refractivity contribution in [3.05, 3.63) is 82.9 Å². The van der Waals surface area contributed by atoms with Gasteiger partial charge in [0.15, 0.2) is 5.11 Å². The molecule has 4 heterocycles. The lowest BCUT2D eigenvalue weighted by atomic mass is 9.96. The van der Waals surface area contributed by atoms with Gasteiger partial charge >= 0.3 is 5.97 Å². The van der Waals surface area contributed by atoms with Gasteiger partial charge in [-0.05, 0) is 74.1 Å². The van der Waals surface area contributed by atoms with Crippen molar-refractivity contribution in [2.75, 3.05) is 46.5 Å². The zero-order valence-electron chi connectivity index (χ0n) is 21.5. The van der Waals surface area contributed by atoms with Crippen LogP contribution in [0.4, 0.5) is 0 Å². The number of benzene rings is 1. The van der Waals surface area contributed by atoms with Crippen molar-refractivity contribution < 1.29 is 14.3 Å². The van der Waals surface area contributed by atoms with Crippen LogP contribution in [0.1, 0.15) is 45.1 Å². The van der Waals surface area contributed by atoms with Crippen molar-refractivity contribution in [1.29, 1.82) is 0 Å². The Labute approximate surface area is 223 Å². The SMILES string of the molecule is COC(=O)c1ccc(-n2c(C)cc(C3C(c4ccccn4)NC(=S)N3CCN3CCOCC3)c2C)cc1. The van der Waals surface area contributed by atoms with Crippen LogP contribution in [-0.2, 0) is 9.47 Å². The molecular formula is C28H33N5O3S. The fourth-order valence-electron chi connectivity index (χ4n) is 5.41. The summed E-state index contributed by atoms with van der Waals surface area (Å²) in [5.74, 6) is -0.340. The van der Waals surface area contributed by atoms with E-state index in [9.17, 15) is 4.79 Å². The standard InChI is InChI=1S/C28H33N5O3S/c1-19-18-23(20(2)33(19)22-9-7-21(8-10-22)27(34)35-3)26-25(24-6-4-5-11-29-24)30-28(37)32(26)13-12-31-14-16-36-17-15-31/h4-11,18,25-26H,12-17H2,1-3H3,(H,30,37). The molecule has 2 saturated heterocycles. The van der Waals surface area contributed by atoms with E-state index in [4.69, 9.17) is 21.7 Å². The molecule has 2 fully saturated rings.